The van der Waals surface area contributed by atoms with Crippen molar-refractivity contribution in [3.05, 3.63) is 66.2 Å². The standard InChI is InChI=1S/C18H19NO2S/c1-21-16-7-5-6-15(14-16)10-11-18(20)19-12-13-22-17-8-3-2-4-9-17/h2-11,14H,12-13H2,1H3,(H,19,20)/b11-10+. The van der Waals surface area contributed by atoms with E-state index in [0.717, 1.165) is 17.1 Å². The minimum atomic E-state index is -0.0866. The molecular formula is C18H19NO2S. The van der Waals surface area contributed by atoms with Crippen LogP contribution < -0.4 is 10.1 Å². The highest BCUT2D eigenvalue weighted by Gasteiger charge is 1.97. The molecule has 0 aliphatic rings. The van der Waals surface area contributed by atoms with Gasteiger partial charge in [-0.05, 0) is 35.9 Å². The number of ether oxygens (including phenoxy) is 1. The van der Waals surface area contributed by atoms with E-state index in [4.69, 9.17) is 4.74 Å². The molecule has 4 heteroatoms. The average molecular weight is 313 g/mol. The predicted molar refractivity (Wildman–Crippen MR) is 92.2 cm³/mol. The van der Waals surface area contributed by atoms with Gasteiger partial charge < -0.3 is 10.1 Å². The molecule has 2 rings (SSSR count). The molecule has 2 aromatic carbocycles. The van der Waals surface area contributed by atoms with Gasteiger partial charge in [-0.2, -0.15) is 0 Å². The lowest BCUT2D eigenvalue weighted by molar-refractivity contribution is -0.116. The third-order valence-corrected chi connectivity index (χ3v) is 3.95. The molecule has 0 atom stereocenters. The molecule has 0 radical (unpaired) electrons. The monoisotopic (exact) mass is 313 g/mol. The number of amides is 1. The molecule has 0 bridgehead atoms. The van der Waals surface area contributed by atoms with Crippen molar-refractivity contribution in [1.29, 1.82) is 0 Å². The van der Waals surface area contributed by atoms with E-state index in [9.17, 15) is 4.79 Å². The Morgan fingerprint density at radius 2 is 2.00 bits per heavy atom. The summed E-state index contributed by atoms with van der Waals surface area (Å²) in [5.74, 6) is 1.54. The van der Waals surface area contributed by atoms with Crippen LogP contribution in [0.25, 0.3) is 6.08 Å². The van der Waals surface area contributed by atoms with Crippen molar-refractivity contribution in [3.8, 4) is 5.75 Å². The van der Waals surface area contributed by atoms with Gasteiger partial charge >= 0.3 is 0 Å². The van der Waals surface area contributed by atoms with E-state index in [1.807, 2.05) is 42.5 Å². The number of carbonyl (C=O) groups is 1. The lowest BCUT2D eigenvalue weighted by atomic mass is 10.2. The minimum absolute atomic E-state index is 0.0866. The lowest BCUT2D eigenvalue weighted by Gasteiger charge is -2.03. The van der Waals surface area contributed by atoms with Crippen LogP contribution in [0.4, 0.5) is 0 Å². The molecular weight excluding hydrogens is 294 g/mol. The molecule has 0 aromatic heterocycles. The van der Waals surface area contributed by atoms with Crippen LogP contribution in [0.5, 0.6) is 5.75 Å². The van der Waals surface area contributed by atoms with Crippen LogP contribution in [0.15, 0.2) is 65.6 Å². The number of benzene rings is 2. The summed E-state index contributed by atoms with van der Waals surface area (Å²) in [6, 6.07) is 17.7. The number of rotatable bonds is 7. The molecule has 22 heavy (non-hydrogen) atoms. The second-order valence-corrected chi connectivity index (χ2v) is 5.73. The van der Waals surface area contributed by atoms with Crippen molar-refractivity contribution < 1.29 is 9.53 Å². The number of hydrogen-bond donors (Lipinski definition) is 1. The van der Waals surface area contributed by atoms with Crippen LogP contribution in [0.1, 0.15) is 5.56 Å². The van der Waals surface area contributed by atoms with Crippen molar-refractivity contribution in [2.45, 2.75) is 4.90 Å². The second-order valence-electron chi connectivity index (χ2n) is 4.56. The van der Waals surface area contributed by atoms with Crippen LogP contribution in [-0.4, -0.2) is 25.3 Å². The Hall–Kier alpha value is -2.20. The maximum Gasteiger partial charge on any atom is 0.244 e. The largest absolute Gasteiger partial charge is 0.497 e. The van der Waals surface area contributed by atoms with E-state index < -0.39 is 0 Å². The number of nitrogens with one attached hydrogen (secondary N) is 1. The summed E-state index contributed by atoms with van der Waals surface area (Å²) in [4.78, 5) is 13.0. The third-order valence-electron chi connectivity index (χ3n) is 2.93. The Bertz CT molecular complexity index is 626. The maximum atomic E-state index is 11.7. The third kappa shape index (κ3) is 5.66. The van der Waals surface area contributed by atoms with Crippen LogP contribution >= 0.6 is 11.8 Å². The van der Waals surface area contributed by atoms with Gasteiger partial charge in [-0.15, -0.1) is 11.8 Å². The number of carbonyl (C=O) groups excluding carboxylic acids is 1. The van der Waals surface area contributed by atoms with Gasteiger partial charge in [-0.25, -0.2) is 0 Å². The SMILES string of the molecule is COc1cccc(/C=C/C(=O)NCCSc2ccccc2)c1. The molecule has 0 saturated carbocycles. The first-order valence-corrected chi connectivity index (χ1v) is 8.04. The van der Waals surface area contributed by atoms with Crippen LogP contribution in [0.3, 0.4) is 0 Å². The van der Waals surface area contributed by atoms with E-state index in [1.165, 1.54) is 4.90 Å². The van der Waals surface area contributed by atoms with Crippen molar-refractivity contribution in [2.75, 3.05) is 19.4 Å². The molecule has 0 spiro atoms. The van der Waals surface area contributed by atoms with Crippen molar-refractivity contribution in [3.63, 3.8) is 0 Å². The fourth-order valence-electron chi connectivity index (χ4n) is 1.84. The maximum absolute atomic E-state index is 11.7. The Morgan fingerprint density at radius 1 is 1.18 bits per heavy atom. The molecule has 114 valence electrons. The Balaban J connectivity index is 1.72. The van der Waals surface area contributed by atoms with Crippen molar-refractivity contribution >= 4 is 23.7 Å². The fraction of sp³-hybridized carbons (Fsp3) is 0.167. The van der Waals surface area contributed by atoms with Gasteiger partial charge in [0.2, 0.25) is 5.91 Å². The molecule has 0 aliphatic heterocycles. The summed E-state index contributed by atoms with van der Waals surface area (Å²) in [5, 5.41) is 2.87. The zero-order chi connectivity index (χ0) is 15.6. The molecule has 1 amide bonds. The summed E-state index contributed by atoms with van der Waals surface area (Å²) < 4.78 is 5.15. The number of hydrogen-bond acceptors (Lipinski definition) is 3. The summed E-state index contributed by atoms with van der Waals surface area (Å²) in [7, 11) is 1.62. The molecule has 0 saturated heterocycles. The first-order valence-electron chi connectivity index (χ1n) is 7.06. The molecule has 1 N–H and O–H groups in total. The van der Waals surface area contributed by atoms with Gasteiger partial charge in [0.1, 0.15) is 5.75 Å². The Labute approximate surface area is 135 Å². The highest BCUT2D eigenvalue weighted by molar-refractivity contribution is 7.99. The van der Waals surface area contributed by atoms with Crippen LogP contribution in [-0.2, 0) is 4.79 Å². The smallest absolute Gasteiger partial charge is 0.244 e. The molecule has 2 aromatic rings. The number of methoxy groups -OCH3 is 1. The lowest BCUT2D eigenvalue weighted by Crippen LogP contribution is -2.23. The molecule has 0 heterocycles. The summed E-state index contributed by atoms with van der Waals surface area (Å²) in [5.41, 5.74) is 0.938. The Morgan fingerprint density at radius 3 is 2.77 bits per heavy atom. The highest BCUT2D eigenvalue weighted by Crippen LogP contribution is 2.16. The van der Waals surface area contributed by atoms with Gasteiger partial charge in [0.15, 0.2) is 0 Å². The van der Waals surface area contributed by atoms with Gasteiger partial charge in [-0.1, -0.05) is 30.3 Å². The normalized spacial score (nSPS) is 10.6. The second kappa shape index (κ2) is 8.95. The van der Waals surface area contributed by atoms with E-state index in [-0.39, 0.29) is 5.91 Å². The van der Waals surface area contributed by atoms with E-state index in [1.54, 1.807) is 31.0 Å². The van der Waals surface area contributed by atoms with E-state index >= 15 is 0 Å². The summed E-state index contributed by atoms with van der Waals surface area (Å²) in [6.07, 6.45) is 3.32. The van der Waals surface area contributed by atoms with E-state index in [2.05, 4.69) is 17.4 Å². The topological polar surface area (TPSA) is 38.3 Å². The van der Waals surface area contributed by atoms with Crippen LogP contribution in [0.2, 0.25) is 0 Å². The van der Waals surface area contributed by atoms with Crippen molar-refractivity contribution in [2.24, 2.45) is 0 Å². The Kier molecular flexibility index (Phi) is 6.58. The fourth-order valence-corrected chi connectivity index (χ4v) is 2.63. The highest BCUT2D eigenvalue weighted by atomic mass is 32.2. The molecule has 0 aliphatic carbocycles. The summed E-state index contributed by atoms with van der Waals surface area (Å²) in [6.45, 7) is 0.640. The zero-order valence-electron chi connectivity index (χ0n) is 12.5. The van der Waals surface area contributed by atoms with Gasteiger partial charge in [0.25, 0.3) is 0 Å². The van der Waals surface area contributed by atoms with Crippen LogP contribution in [0, 0.1) is 0 Å². The molecule has 0 unspecified atom stereocenters. The first-order chi connectivity index (χ1) is 10.8. The molecule has 3 nitrogen and oxygen atoms in total. The van der Waals surface area contributed by atoms with Gasteiger partial charge in [0.05, 0.1) is 7.11 Å². The molecule has 0 fully saturated rings. The predicted octanol–water partition coefficient (Wildman–Crippen LogP) is 3.62. The minimum Gasteiger partial charge on any atom is -0.497 e. The van der Waals surface area contributed by atoms with E-state index in [0.29, 0.717) is 6.54 Å². The number of thioether (sulfide) groups is 1. The zero-order valence-corrected chi connectivity index (χ0v) is 13.3. The first kappa shape index (κ1) is 16.2. The van der Waals surface area contributed by atoms with Crippen molar-refractivity contribution in [1.82, 2.24) is 5.32 Å². The summed E-state index contributed by atoms with van der Waals surface area (Å²) >= 11 is 1.73. The van der Waals surface area contributed by atoms with Gasteiger partial charge in [0, 0.05) is 23.3 Å². The average Bonchev–Trinajstić information content (AvgIpc) is 2.58. The van der Waals surface area contributed by atoms with Gasteiger partial charge in [-0.3, -0.25) is 4.79 Å². The quantitative estimate of drug-likeness (QED) is 0.482.